The summed E-state index contributed by atoms with van der Waals surface area (Å²) in [5.41, 5.74) is 5.03. The molecule has 0 spiro atoms. The normalized spacial score (nSPS) is 18.7. The molecule has 0 unspecified atom stereocenters. The Hall–Kier alpha value is -2.45. The lowest BCUT2D eigenvalue weighted by atomic mass is 9.79. The van der Waals surface area contributed by atoms with E-state index in [9.17, 15) is 19.5 Å². The van der Waals surface area contributed by atoms with E-state index in [0.29, 0.717) is 6.42 Å². The molecule has 2 saturated heterocycles. The number of amides is 2. The number of aryl methyl sites for hydroxylation is 1. The summed E-state index contributed by atoms with van der Waals surface area (Å²) in [6.45, 7) is 6.15. The van der Waals surface area contributed by atoms with E-state index in [-0.39, 0.29) is 24.8 Å². The first-order valence-corrected chi connectivity index (χ1v) is 11.6. The number of hydrogen-bond donors (Lipinski definition) is 4. The topological polar surface area (TPSA) is 125 Å². The van der Waals surface area contributed by atoms with Crippen LogP contribution < -0.4 is 16.4 Å². The van der Waals surface area contributed by atoms with Crippen molar-refractivity contribution in [2.45, 2.75) is 45.4 Å². The molecule has 178 valence electrons. The highest BCUT2D eigenvalue weighted by atomic mass is 16.4. The highest BCUT2D eigenvalue weighted by molar-refractivity contribution is 6.02. The van der Waals surface area contributed by atoms with Crippen molar-refractivity contribution >= 4 is 17.8 Å². The van der Waals surface area contributed by atoms with Crippen molar-refractivity contribution < 1.29 is 19.5 Å². The molecule has 2 heterocycles. The van der Waals surface area contributed by atoms with Gasteiger partial charge in [-0.3, -0.25) is 9.59 Å². The Morgan fingerprint density at radius 3 is 2.44 bits per heavy atom. The molecule has 8 heteroatoms. The molecule has 0 saturated carbocycles. The van der Waals surface area contributed by atoms with E-state index >= 15 is 0 Å². The number of carboxylic acid groups (broad SMARTS) is 1. The molecule has 1 aromatic rings. The van der Waals surface area contributed by atoms with Gasteiger partial charge in [0.25, 0.3) is 0 Å². The summed E-state index contributed by atoms with van der Waals surface area (Å²) in [6, 6.07) is 9.60. The van der Waals surface area contributed by atoms with Gasteiger partial charge in [-0.2, -0.15) is 0 Å². The standard InChI is InChI=1S/C13H17NO3.C11H21N3O/c1-10(15)13(9-14,12(16)17)8-7-11-5-3-2-4-6-11;15-11-13-5-1-8-14(11)9-4-10-2-6-12-7-3-10/h2-6H,7-9,14H2,1H3,(H,16,17);10,12H,1-9H2,(H,13,15)/t13-;/m1./s1. The van der Waals surface area contributed by atoms with Crippen LogP contribution in [0, 0.1) is 11.3 Å². The van der Waals surface area contributed by atoms with E-state index in [0.717, 1.165) is 50.6 Å². The molecule has 1 atom stereocenters. The van der Waals surface area contributed by atoms with Gasteiger partial charge in [0.05, 0.1) is 0 Å². The first kappa shape index (κ1) is 25.8. The van der Waals surface area contributed by atoms with Crippen LogP contribution >= 0.6 is 0 Å². The van der Waals surface area contributed by atoms with Crippen LogP contribution in [0.5, 0.6) is 0 Å². The fourth-order valence-corrected chi connectivity index (χ4v) is 4.17. The minimum Gasteiger partial charge on any atom is -0.480 e. The number of piperidine rings is 1. The second-order valence-electron chi connectivity index (χ2n) is 8.69. The Balaban J connectivity index is 0.000000228. The molecule has 2 fully saturated rings. The van der Waals surface area contributed by atoms with Crippen molar-refractivity contribution in [3.63, 3.8) is 0 Å². The maximum Gasteiger partial charge on any atom is 0.318 e. The van der Waals surface area contributed by atoms with Crippen molar-refractivity contribution in [2.75, 3.05) is 39.3 Å². The Labute approximate surface area is 190 Å². The number of Topliss-reactive ketones (excluding diaryl/α,β-unsaturated/α-hetero) is 1. The highest BCUT2D eigenvalue weighted by Crippen LogP contribution is 2.25. The molecule has 32 heavy (non-hydrogen) atoms. The molecule has 0 bridgehead atoms. The van der Waals surface area contributed by atoms with Gasteiger partial charge in [-0.1, -0.05) is 30.3 Å². The number of rotatable bonds is 9. The van der Waals surface area contributed by atoms with Crippen LogP contribution in [0.15, 0.2) is 30.3 Å². The van der Waals surface area contributed by atoms with Crippen molar-refractivity contribution in [1.29, 1.82) is 0 Å². The third-order valence-electron chi connectivity index (χ3n) is 6.55. The molecule has 5 N–H and O–H groups in total. The Morgan fingerprint density at radius 1 is 1.19 bits per heavy atom. The number of nitrogens with zero attached hydrogens (tertiary/aromatic N) is 1. The summed E-state index contributed by atoms with van der Waals surface area (Å²) >= 11 is 0. The van der Waals surface area contributed by atoms with Gasteiger partial charge in [0.15, 0.2) is 0 Å². The molecule has 0 aromatic heterocycles. The van der Waals surface area contributed by atoms with Gasteiger partial charge in [0.1, 0.15) is 11.2 Å². The highest BCUT2D eigenvalue weighted by Gasteiger charge is 2.41. The molecule has 0 radical (unpaired) electrons. The molecule has 2 aliphatic heterocycles. The van der Waals surface area contributed by atoms with Crippen molar-refractivity contribution in [3.8, 4) is 0 Å². The zero-order valence-electron chi connectivity index (χ0n) is 19.1. The molecule has 2 aliphatic rings. The van der Waals surface area contributed by atoms with E-state index < -0.39 is 11.4 Å². The third kappa shape index (κ3) is 7.60. The van der Waals surface area contributed by atoms with Crippen LogP contribution in [0.3, 0.4) is 0 Å². The summed E-state index contributed by atoms with van der Waals surface area (Å²) in [5.74, 6) is -0.701. The van der Waals surface area contributed by atoms with Gasteiger partial charge >= 0.3 is 12.0 Å². The quantitative estimate of drug-likeness (QED) is 0.430. The third-order valence-corrected chi connectivity index (χ3v) is 6.55. The molecular weight excluding hydrogens is 408 g/mol. The second-order valence-corrected chi connectivity index (χ2v) is 8.69. The SMILES string of the molecule is CC(=O)[C@](CN)(CCc1ccccc1)C(=O)O.O=C1NCCCN1CCC1CCNCC1. The Bertz CT molecular complexity index is 721. The summed E-state index contributed by atoms with van der Waals surface area (Å²) in [4.78, 5) is 36.1. The summed E-state index contributed by atoms with van der Waals surface area (Å²) < 4.78 is 0. The van der Waals surface area contributed by atoms with E-state index in [1.807, 2.05) is 35.2 Å². The van der Waals surface area contributed by atoms with Crippen molar-refractivity contribution in [2.24, 2.45) is 17.1 Å². The van der Waals surface area contributed by atoms with Crippen LogP contribution in [-0.2, 0) is 16.0 Å². The van der Waals surface area contributed by atoms with Crippen LogP contribution in [0.1, 0.15) is 44.6 Å². The van der Waals surface area contributed by atoms with Crippen LogP contribution in [0.2, 0.25) is 0 Å². The number of hydrogen-bond acceptors (Lipinski definition) is 5. The predicted molar refractivity (Wildman–Crippen MR) is 124 cm³/mol. The number of nitrogens with one attached hydrogen (secondary N) is 2. The van der Waals surface area contributed by atoms with Gasteiger partial charge in [-0.25, -0.2) is 4.79 Å². The fraction of sp³-hybridized carbons (Fsp3) is 0.625. The summed E-state index contributed by atoms with van der Waals surface area (Å²) in [6.07, 6.45) is 5.58. The lowest BCUT2D eigenvalue weighted by molar-refractivity contribution is -0.154. The first-order valence-electron chi connectivity index (χ1n) is 11.6. The number of benzene rings is 1. The minimum atomic E-state index is -1.45. The first-order chi connectivity index (χ1) is 15.4. The average molecular weight is 447 g/mol. The monoisotopic (exact) mass is 446 g/mol. The maximum absolute atomic E-state index is 11.5. The van der Waals surface area contributed by atoms with Gasteiger partial charge in [0, 0.05) is 26.2 Å². The Kier molecular flexibility index (Phi) is 10.6. The fourth-order valence-electron chi connectivity index (χ4n) is 4.17. The van der Waals surface area contributed by atoms with E-state index in [1.165, 1.54) is 26.2 Å². The molecule has 0 aliphatic carbocycles. The number of carbonyl (C=O) groups is 3. The van der Waals surface area contributed by atoms with E-state index in [4.69, 9.17) is 5.73 Å². The lowest BCUT2D eigenvalue weighted by Gasteiger charge is -2.30. The minimum absolute atomic E-state index is 0.134. The van der Waals surface area contributed by atoms with Crippen LogP contribution in [0.25, 0.3) is 0 Å². The van der Waals surface area contributed by atoms with Gasteiger partial charge in [-0.15, -0.1) is 0 Å². The van der Waals surface area contributed by atoms with Gasteiger partial charge < -0.3 is 26.4 Å². The molecule has 3 rings (SSSR count). The van der Waals surface area contributed by atoms with E-state index in [2.05, 4.69) is 10.6 Å². The number of carbonyl (C=O) groups excluding carboxylic acids is 2. The van der Waals surface area contributed by atoms with E-state index in [1.54, 1.807) is 0 Å². The molecule has 8 nitrogen and oxygen atoms in total. The van der Waals surface area contributed by atoms with Gasteiger partial charge in [0.2, 0.25) is 0 Å². The predicted octanol–water partition coefficient (Wildman–Crippen LogP) is 2.03. The number of nitrogens with two attached hydrogens (primary N) is 1. The largest absolute Gasteiger partial charge is 0.480 e. The smallest absolute Gasteiger partial charge is 0.318 e. The zero-order valence-corrected chi connectivity index (χ0v) is 19.1. The molecular formula is C24H38N4O4. The number of aliphatic carboxylic acids is 1. The molecule has 2 amide bonds. The van der Waals surface area contributed by atoms with Gasteiger partial charge in [-0.05, 0) is 70.0 Å². The second kappa shape index (κ2) is 13.2. The maximum atomic E-state index is 11.5. The van der Waals surface area contributed by atoms with Crippen molar-refractivity contribution in [3.05, 3.63) is 35.9 Å². The number of carboxylic acids is 1. The summed E-state index contributed by atoms with van der Waals surface area (Å²) in [7, 11) is 0. The Morgan fingerprint density at radius 2 is 1.88 bits per heavy atom. The average Bonchev–Trinajstić information content (AvgIpc) is 2.81. The van der Waals surface area contributed by atoms with Crippen LogP contribution in [0.4, 0.5) is 4.79 Å². The lowest BCUT2D eigenvalue weighted by Crippen LogP contribution is -2.47. The van der Waals surface area contributed by atoms with Crippen molar-refractivity contribution in [1.82, 2.24) is 15.5 Å². The number of ketones is 1. The molecule has 1 aromatic carbocycles. The summed E-state index contributed by atoms with van der Waals surface area (Å²) in [5, 5.41) is 15.4. The number of urea groups is 1. The van der Waals surface area contributed by atoms with Crippen LogP contribution in [-0.4, -0.2) is 67.1 Å². The zero-order chi connectivity index (χ0) is 23.4.